The standard InChI is InChI=1S/C19H21F2N3O2/c1-23-8-10-24(11-9-23)17-5-3-2-4-16(17)22-19(25)13-26-18-7-6-14(20)12-15(18)21/h2-7,12H,8-11,13H2,1H3,(H,22,25). The van der Waals surface area contributed by atoms with Crippen LogP contribution in [0.1, 0.15) is 0 Å². The predicted molar refractivity (Wildman–Crippen MR) is 96.6 cm³/mol. The molecule has 0 spiro atoms. The van der Waals surface area contributed by atoms with Crippen molar-refractivity contribution in [2.45, 2.75) is 0 Å². The molecule has 0 saturated carbocycles. The van der Waals surface area contributed by atoms with Crippen LogP contribution in [0.3, 0.4) is 0 Å². The Labute approximate surface area is 151 Å². The summed E-state index contributed by atoms with van der Waals surface area (Å²) in [7, 11) is 2.08. The van der Waals surface area contributed by atoms with Crippen LogP contribution in [-0.4, -0.2) is 50.6 Å². The number of nitrogens with zero attached hydrogens (tertiary/aromatic N) is 2. The molecule has 1 aliphatic heterocycles. The third kappa shape index (κ3) is 4.49. The molecule has 0 unspecified atom stereocenters. The van der Waals surface area contributed by atoms with Gasteiger partial charge in [0.05, 0.1) is 11.4 Å². The van der Waals surface area contributed by atoms with Gasteiger partial charge < -0.3 is 19.9 Å². The Morgan fingerprint density at radius 2 is 1.85 bits per heavy atom. The highest BCUT2D eigenvalue weighted by Crippen LogP contribution is 2.26. The van der Waals surface area contributed by atoms with Crippen LogP contribution in [0.15, 0.2) is 42.5 Å². The first-order valence-corrected chi connectivity index (χ1v) is 8.43. The molecule has 2 aromatic rings. The molecule has 5 nitrogen and oxygen atoms in total. The van der Waals surface area contributed by atoms with Crippen LogP contribution in [0.4, 0.5) is 20.2 Å². The van der Waals surface area contributed by atoms with Crippen LogP contribution in [-0.2, 0) is 4.79 Å². The van der Waals surface area contributed by atoms with Crippen molar-refractivity contribution in [2.75, 3.05) is 50.1 Å². The number of halogens is 2. The molecular formula is C19H21F2N3O2. The van der Waals surface area contributed by atoms with Gasteiger partial charge >= 0.3 is 0 Å². The first kappa shape index (κ1) is 18.1. The fourth-order valence-electron chi connectivity index (χ4n) is 2.82. The van der Waals surface area contributed by atoms with Gasteiger partial charge in [0.15, 0.2) is 18.2 Å². The molecule has 0 radical (unpaired) electrons. The second kappa shape index (κ2) is 8.14. The van der Waals surface area contributed by atoms with Crippen molar-refractivity contribution >= 4 is 17.3 Å². The molecule has 1 heterocycles. The van der Waals surface area contributed by atoms with Crippen molar-refractivity contribution in [2.24, 2.45) is 0 Å². The van der Waals surface area contributed by atoms with Crippen LogP contribution < -0.4 is 15.0 Å². The Kier molecular flexibility index (Phi) is 5.68. The van der Waals surface area contributed by atoms with Crippen LogP contribution >= 0.6 is 0 Å². The van der Waals surface area contributed by atoms with E-state index in [0.717, 1.165) is 50.1 Å². The summed E-state index contributed by atoms with van der Waals surface area (Å²) in [6, 6.07) is 10.5. The second-order valence-corrected chi connectivity index (χ2v) is 6.22. The van der Waals surface area contributed by atoms with Crippen molar-refractivity contribution in [3.63, 3.8) is 0 Å². The number of carbonyl (C=O) groups excluding carboxylic acids is 1. The van der Waals surface area contributed by atoms with E-state index in [1.54, 1.807) is 0 Å². The molecule has 1 fully saturated rings. The average molecular weight is 361 g/mol. The molecule has 1 aliphatic rings. The second-order valence-electron chi connectivity index (χ2n) is 6.22. The lowest BCUT2D eigenvalue weighted by Gasteiger charge is -2.35. The summed E-state index contributed by atoms with van der Waals surface area (Å²) in [6.07, 6.45) is 0. The van der Waals surface area contributed by atoms with Gasteiger partial charge in [0, 0.05) is 32.2 Å². The Morgan fingerprint density at radius 1 is 1.12 bits per heavy atom. The molecule has 138 valence electrons. The van der Waals surface area contributed by atoms with Gasteiger partial charge in [0.25, 0.3) is 5.91 Å². The van der Waals surface area contributed by atoms with E-state index in [1.807, 2.05) is 24.3 Å². The summed E-state index contributed by atoms with van der Waals surface area (Å²) < 4.78 is 31.6. The Bertz CT molecular complexity index is 777. The van der Waals surface area contributed by atoms with Gasteiger partial charge in [0.1, 0.15) is 5.82 Å². The molecule has 1 amide bonds. The molecule has 1 N–H and O–H groups in total. The van der Waals surface area contributed by atoms with Gasteiger partial charge in [-0.15, -0.1) is 0 Å². The van der Waals surface area contributed by atoms with Crippen LogP contribution in [0.2, 0.25) is 0 Å². The quantitative estimate of drug-likeness (QED) is 0.890. The van der Waals surface area contributed by atoms with Crippen molar-refractivity contribution in [3.05, 3.63) is 54.1 Å². The van der Waals surface area contributed by atoms with E-state index in [-0.39, 0.29) is 12.4 Å². The summed E-state index contributed by atoms with van der Waals surface area (Å²) in [4.78, 5) is 16.7. The molecule has 7 heteroatoms. The first-order chi connectivity index (χ1) is 12.5. The molecular weight excluding hydrogens is 340 g/mol. The number of anilines is 2. The zero-order chi connectivity index (χ0) is 18.5. The minimum atomic E-state index is -0.837. The van der Waals surface area contributed by atoms with Gasteiger partial charge in [-0.05, 0) is 31.3 Å². The van der Waals surface area contributed by atoms with Crippen molar-refractivity contribution in [1.29, 1.82) is 0 Å². The van der Waals surface area contributed by atoms with E-state index in [4.69, 9.17) is 4.74 Å². The van der Waals surface area contributed by atoms with E-state index in [1.165, 1.54) is 0 Å². The largest absolute Gasteiger partial charge is 0.481 e. The fourth-order valence-corrected chi connectivity index (χ4v) is 2.82. The average Bonchev–Trinajstić information content (AvgIpc) is 2.62. The molecule has 26 heavy (non-hydrogen) atoms. The number of rotatable bonds is 5. The number of hydrogen-bond acceptors (Lipinski definition) is 4. The number of carbonyl (C=O) groups is 1. The smallest absolute Gasteiger partial charge is 0.262 e. The summed E-state index contributed by atoms with van der Waals surface area (Å²) in [5, 5.41) is 2.80. The lowest BCUT2D eigenvalue weighted by Crippen LogP contribution is -2.44. The van der Waals surface area contributed by atoms with Gasteiger partial charge in [-0.1, -0.05) is 12.1 Å². The summed E-state index contributed by atoms with van der Waals surface area (Å²) >= 11 is 0. The van der Waals surface area contributed by atoms with Crippen molar-refractivity contribution < 1.29 is 18.3 Å². The van der Waals surface area contributed by atoms with Gasteiger partial charge in [0.2, 0.25) is 0 Å². The zero-order valence-electron chi connectivity index (χ0n) is 14.5. The molecule has 0 aliphatic carbocycles. The highest BCUT2D eigenvalue weighted by molar-refractivity contribution is 5.95. The minimum absolute atomic E-state index is 0.158. The normalized spacial score (nSPS) is 15.0. The highest BCUT2D eigenvalue weighted by atomic mass is 19.1. The van der Waals surface area contributed by atoms with Gasteiger partial charge in [-0.2, -0.15) is 0 Å². The van der Waals surface area contributed by atoms with E-state index in [2.05, 4.69) is 22.2 Å². The Hall–Kier alpha value is -2.67. The molecule has 2 aromatic carbocycles. The van der Waals surface area contributed by atoms with E-state index in [9.17, 15) is 13.6 Å². The zero-order valence-corrected chi connectivity index (χ0v) is 14.5. The van der Waals surface area contributed by atoms with Crippen LogP contribution in [0.25, 0.3) is 0 Å². The summed E-state index contributed by atoms with van der Waals surface area (Å²) in [5.74, 6) is -2.10. The molecule has 0 bridgehead atoms. The minimum Gasteiger partial charge on any atom is -0.481 e. The topological polar surface area (TPSA) is 44.8 Å². The summed E-state index contributed by atoms with van der Waals surface area (Å²) in [6.45, 7) is 3.30. The molecule has 0 aromatic heterocycles. The van der Waals surface area contributed by atoms with Gasteiger partial charge in [-0.25, -0.2) is 8.78 Å². The Morgan fingerprint density at radius 3 is 2.58 bits per heavy atom. The third-order valence-electron chi connectivity index (χ3n) is 4.27. The lowest BCUT2D eigenvalue weighted by molar-refractivity contribution is -0.118. The Balaban J connectivity index is 1.62. The van der Waals surface area contributed by atoms with E-state index < -0.39 is 17.5 Å². The van der Waals surface area contributed by atoms with Crippen LogP contribution in [0, 0.1) is 11.6 Å². The number of amides is 1. The van der Waals surface area contributed by atoms with Crippen molar-refractivity contribution in [3.8, 4) is 5.75 Å². The monoisotopic (exact) mass is 361 g/mol. The highest BCUT2D eigenvalue weighted by Gasteiger charge is 2.18. The number of nitrogens with one attached hydrogen (secondary N) is 1. The van der Waals surface area contributed by atoms with E-state index in [0.29, 0.717) is 5.69 Å². The molecule has 0 atom stereocenters. The van der Waals surface area contributed by atoms with Crippen LogP contribution in [0.5, 0.6) is 5.75 Å². The lowest BCUT2D eigenvalue weighted by atomic mass is 10.2. The maximum Gasteiger partial charge on any atom is 0.262 e. The number of para-hydroxylation sites is 2. The molecule has 3 rings (SSSR count). The SMILES string of the molecule is CN1CCN(c2ccccc2NC(=O)COc2ccc(F)cc2F)CC1. The maximum atomic E-state index is 13.6. The van der Waals surface area contributed by atoms with Crippen molar-refractivity contribution in [1.82, 2.24) is 4.90 Å². The number of ether oxygens (including phenoxy) is 1. The predicted octanol–water partition coefficient (Wildman–Crippen LogP) is 2.73. The first-order valence-electron chi connectivity index (χ1n) is 8.43. The summed E-state index contributed by atoms with van der Waals surface area (Å²) in [5.41, 5.74) is 1.63. The van der Waals surface area contributed by atoms with E-state index >= 15 is 0 Å². The van der Waals surface area contributed by atoms with Gasteiger partial charge in [-0.3, -0.25) is 4.79 Å². The maximum absolute atomic E-state index is 13.6. The third-order valence-corrected chi connectivity index (χ3v) is 4.27. The number of hydrogen-bond donors (Lipinski definition) is 1. The fraction of sp³-hybridized carbons (Fsp3) is 0.316. The number of likely N-dealkylation sites (N-methyl/N-ethyl adjacent to an activating group) is 1. The number of piperazine rings is 1. The number of benzene rings is 2. The molecule has 1 saturated heterocycles.